The molecule has 0 aliphatic carbocycles. The third-order valence-electron chi connectivity index (χ3n) is 2.10. The lowest BCUT2D eigenvalue weighted by atomic mass is 10.2. The fourth-order valence-corrected chi connectivity index (χ4v) is 2.27. The van der Waals surface area contributed by atoms with Crippen LogP contribution in [0.2, 0.25) is 0 Å². The predicted octanol–water partition coefficient (Wildman–Crippen LogP) is 0.610. The van der Waals surface area contributed by atoms with Crippen LogP contribution in [0.25, 0.3) is 0 Å². The van der Waals surface area contributed by atoms with E-state index in [1.807, 2.05) is 20.2 Å². The molecule has 1 rings (SSSR count). The van der Waals surface area contributed by atoms with E-state index >= 15 is 0 Å². The first-order chi connectivity index (χ1) is 6.67. The zero-order valence-corrected chi connectivity index (χ0v) is 9.37. The molecule has 0 saturated carbocycles. The van der Waals surface area contributed by atoms with Crippen molar-refractivity contribution in [2.45, 2.75) is 29.5 Å². The molecule has 80 valence electrons. The average Bonchev–Trinajstić information content (AvgIpc) is 2.59. The molecule has 1 aromatic heterocycles. The first kappa shape index (κ1) is 11.6. The maximum Gasteiger partial charge on any atom is 0.0625 e. The van der Waals surface area contributed by atoms with Crippen molar-refractivity contribution >= 4 is 11.8 Å². The van der Waals surface area contributed by atoms with E-state index in [9.17, 15) is 0 Å². The molecule has 0 aliphatic rings. The molecule has 0 spiro atoms. The topological polar surface area (TPSA) is 64.1 Å². The first-order valence-corrected chi connectivity index (χ1v) is 5.57. The molecule has 0 radical (unpaired) electrons. The van der Waals surface area contributed by atoms with Crippen molar-refractivity contribution in [2.75, 3.05) is 6.61 Å². The summed E-state index contributed by atoms with van der Waals surface area (Å²) in [5, 5.41) is 13.3. The van der Waals surface area contributed by atoms with Crippen LogP contribution < -0.4 is 5.73 Å². The van der Waals surface area contributed by atoms with Gasteiger partial charge in [0.25, 0.3) is 0 Å². The summed E-state index contributed by atoms with van der Waals surface area (Å²) in [5.41, 5.74) is 5.87. The number of hydrogen-bond donors (Lipinski definition) is 2. The SMILES string of the molecule is CCC(N)C(CO)Sc1cnn(C)c1. The van der Waals surface area contributed by atoms with E-state index in [-0.39, 0.29) is 17.9 Å². The summed E-state index contributed by atoms with van der Waals surface area (Å²) in [4.78, 5) is 1.05. The molecule has 5 heteroatoms. The van der Waals surface area contributed by atoms with Crippen molar-refractivity contribution in [1.82, 2.24) is 9.78 Å². The van der Waals surface area contributed by atoms with Crippen LogP contribution in [0.15, 0.2) is 17.3 Å². The van der Waals surface area contributed by atoms with Gasteiger partial charge in [0.15, 0.2) is 0 Å². The van der Waals surface area contributed by atoms with Gasteiger partial charge in [-0.1, -0.05) is 6.92 Å². The maximum atomic E-state index is 9.17. The lowest BCUT2D eigenvalue weighted by Gasteiger charge is -2.18. The summed E-state index contributed by atoms with van der Waals surface area (Å²) in [6.07, 6.45) is 4.59. The monoisotopic (exact) mass is 215 g/mol. The Hall–Kier alpha value is -0.520. The number of hydrogen-bond acceptors (Lipinski definition) is 4. The minimum atomic E-state index is 0.0326. The number of aliphatic hydroxyl groups is 1. The molecule has 1 aromatic rings. The largest absolute Gasteiger partial charge is 0.395 e. The Labute approximate surface area is 88.5 Å². The molecule has 2 unspecified atom stereocenters. The summed E-state index contributed by atoms with van der Waals surface area (Å²) in [7, 11) is 1.87. The lowest BCUT2D eigenvalue weighted by Crippen LogP contribution is -2.34. The van der Waals surface area contributed by atoms with E-state index in [0.29, 0.717) is 0 Å². The van der Waals surface area contributed by atoms with Crippen LogP contribution >= 0.6 is 11.8 Å². The van der Waals surface area contributed by atoms with Gasteiger partial charge in [0, 0.05) is 29.4 Å². The number of aryl methyl sites for hydroxylation is 1. The highest BCUT2D eigenvalue weighted by Gasteiger charge is 2.17. The van der Waals surface area contributed by atoms with Gasteiger partial charge in [0.05, 0.1) is 12.8 Å². The maximum absolute atomic E-state index is 9.17. The number of aliphatic hydroxyl groups excluding tert-OH is 1. The Balaban J connectivity index is 2.56. The minimum Gasteiger partial charge on any atom is -0.395 e. The molecule has 1 heterocycles. The molecule has 0 bridgehead atoms. The third-order valence-corrected chi connectivity index (χ3v) is 3.38. The van der Waals surface area contributed by atoms with Crippen molar-refractivity contribution in [3.05, 3.63) is 12.4 Å². The second-order valence-corrected chi connectivity index (χ2v) is 4.57. The van der Waals surface area contributed by atoms with Crippen LogP contribution in [-0.4, -0.2) is 32.8 Å². The van der Waals surface area contributed by atoms with E-state index in [1.165, 1.54) is 0 Å². The van der Waals surface area contributed by atoms with Gasteiger partial charge in [-0.25, -0.2) is 0 Å². The van der Waals surface area contributed by atoms with E-state index in [1.54, 1.807) is 22.6 Å². The molecule has 0 saturated heterocycles. The molecule has 14 heavy (non-hydrogen) atoms. The van der Waals surface area contributed by atoms with Gasteiger partial charge >= 0.3 is 0 Å². The highest BCUT2D eigenvalue weighted by molar-refractivity contribution is 8.00. The van der Waals surface area contributed by atoms with Gasteiger partial charge in [-0.05, 0) is 6.42 Å². The number of rotatable bonds is 5. The van der Waals surface area contributed by atoms with Gasteiger partial charge in [-0.3, -0.25) is 4.68 Å². The molecule has 0 amide bonds. The van der Waals surface area contributed by atoms with Crippen molar-refractivity contribution in [3.63, 3.8) is 0 Å². The summed E-state index contributed by atoms with van der Waals surface area (Å²) >= 11 is 1.58. The van der Waals surface area contributed by atoms with Gasteiger partial charge in [0.1, 0.15) is 0 Å². The minimum absolute atomic E-state index is 0.0326. The Morgan fingerprint density at radius 2 is 2.43 bits per heavy atom. The van der Waals surface area contributed by atoms with E-state index in [2.05, 4.69) is 5.10 Å². The first-order valence-electron chi connectivity index (χ1n) is 4.69. The smallest absolute Gasteiger partial charge is 0.0625 e. The van der Waals surface area contributed by atoms with Crippen molar-refractivity contribution < 1.29 is 5.11 Å². The summed E-state index contributed by atoms with van der Waals surface area (Å²) in [6, 6.07) is 0.0326. The number of aromatic nitrogens is 2. The number of nitrogens with zero attached hydrogens (tertiary/aromatic N) is 2. The Kier molecular flexibility index (Phi) is 4.44. The van der Waals surface area contributed by atoms with Gasteiger partial charge in [-0.15, -0.1) is 11.8 Å². The van der Waals surface area contributed by atoms with Gasteiger partial charge < -0.3 is 10.8 Å². The normalized spacial score (nSPS) is 15.4. The van der Waals surface area contributed by atoms with Crippen LogP contribution in [0, 0.1) is 0 Å². The standard InChI is InChI=1S/C9H17N3OS/c1-3-8(10)9(6-13)14-7-4-11-12(2)5-7/h4-5,8-9,13H,3,6,10H2,1-2H3. The molecule has 0 aliphatic heterocycles. The molecular weight excluding hydrogens is 198 g/mol. The number of thioether (sulfide) groups is 1. The highest BCUT2D eigenvalue weighted by atomic mass is 32.2. The Bertz CT molecular complexity index is 277. The van der Waals surface area contributed by atoms with E-state index in [4.69, 9.17) is 10.8 Å². The fourth-order valence-electron chi connectivity index (χ4n) is 1.16. The second-order valence-electron chi connectivity index (χ2n) is 3.26. The molecular formula is C9H17N3OS. The van der Waals surface area contributed by atoms with Crippen molar-refractivity contribution in [3.8, 4) is 0 Å². The second kappa shape index (κ2) is 5.38. The zero-order chi connectivity index (χ0) is 10.6. The van der Waals surface area contributed by atoms with Crippen LogP contribution in [0.3, 0.4) is 0 Å². The predicted molar refractivity (Wildman–Crippen MR) is 58.2 cm³/mol. The van der Waals surface area contributed by atoms with E-state index in [0.717, 1.165) is 11.3 Å². The molecule has 0 aromatic carbocycles. The quantitative estimate of drug-likeness (QED) is 0.706. The molecule has 3 N–H and O–H groups in total. The van der Waals surface area contributed by atoms with Gasteiger partial charge in [0.2, 0.25) is 0 Å². The molecule has 2 atom stereocenters. The highest BCUT2D eigenvalue weighted by Crippen LogP contribution is 2.24. The third kappa shape index (κ3) is 3.01. The van der Waals surface area contributed by atoms with Crippen LogP contribution in [0.1, 0.15) is 13.3 Å². The van der Waals surface area contributed by atoms with Crippen LogP contribution in [-0.2, 0) is 7.05 Å². The summed E-state index contributed by atoms with van der Waals surface area (Å²) < 4.78 is 1.74. The van der Waals surface area contributed by atoms with Crippen LogP contribution in [0.4, 0.5) is 0 Å². The van der Waals surface area contributed by atoms with E-state index < -0.39 is 0 Å². The Morgan fingerprint density at radius 3 is 2.86 bits per heavy atom. The fraction of sp³-hybridized carbons (Fsp3) is 0.667. The summed E-state index contributed by atoms with van der Waals surface area (Å²) in [6.45, 7) is 2.13. The summed E-state index contributed by atoms with van der Waals surface area (Å²) in [5.74, 6) is 0. The molecule has 0 fully saturated rings. The van der Waals surface area contributed by atoms with Gasteiger partial charge in [-0.2, -0.15) is 5.10 Å². The average molecular weight is 215 g/mol. The lowest BCUT2D eigenvalue weighted by molar-refractivity contribution is 0.281. The number of nitrogens with two attached hydrogens (primary N) is 1. The molecule has 4 nitrogen and oxygen atoms in total. The van der Waals surface area contributed by atoms with Crippen molar-refractivity contribution in [1.29, 1.82) is 0 Å². The zero-order valence-electron chi connectivity index (χ0n) is 8.55. The van der Waals surface area contributed by atoms with Crippen molar-refractivity contribution in [2.24, 2.45) is 12.8 Å². The Morgan fingerprint density at radius 1 is 1.71 bits per heavy atom. The van der Waals surface area contributed by atoms with Crippen LogP contribution in [0.5, 0.6) is 0 Å².